The van der Waals surface area contributed by atoms with Gasteiger partial charge in [0.05, 0.1) is 5.57 Å². The fraction of sp³-hybridized carbons (Fsp3) is 0.200. The number of carbonyl (C=O) groups is 2. The van der Waals surface area contributed by atoms with Crippen LogP contribution in [0.1, 0.15) is 28.4 Å². The summed E-state index contributed by atoms with van der Waals surface area (Å²) in [6, 6.07) is 14.8. The van der Waals surface area contributed by atoms with E-state index in [0.29, 0.717) is 11.1 Å². The Morgan fingerprint density at radius 2 is 1.83 bits per heavy atom. The highest BCUT2D eigenvalue weighted by Gasteiger charge is 2.19. The van der Waals surface area contributed by atoms with Crippen molar-refractivity contribution < 1.29 is 19.1 Å². The second-order valence-corrected chi connectivity index (χ2v) is 5.55. The summed E-state index contributed by atoms with van der Waals surface area (Å²) in [6.45, 7) is 1.93. The largest absolute Gasteiger partial charge is 0.488 e. The molecule has 0 atom stereocenters. The number of carbonyl (C=O) groups excluding carboxylic acids is 2. The molecule has 0 spiro atoms. The van der Waals surface area contributed by atoms with Gasteiger partial charge < -0.3 is 9.47 Å². The molecule has 0 amide bonds. The average molecular weight is 322 g/mol. The first-order chi connectivity index (χ1) is 11.7. The second-order valence-electron chi connectivity index (χ2n) is 5.55. The molecule has 0 aliphatic carbocycles. The summed E-state index contributed by atoms with van der Waals surface area (Å²) in [5, 5.41) is 0. The van der Waals surface area contributed by atoms with Crippen LogP contribution in [0.25, 0.3) is 6.08 Å². The van der Waals surface area contributed by atoms with Crippen LogP contribution in [0.15, 0.2) is 54.1 Å². The van der Waals surface area contributed by atoms with Crippen LogP contribution in [0.5, 0.6) is 5.75 Å². The molecule has 122 valence electrons. The monoisotopic (exact) mass is 322 g/mol. The summed E-state index contributed by atoms with van der Waals surface area (Å²) in [7, 11) is 0. The van der Waals surface area contributed by atoms with Gasteiger partial charge in [0.25, 0.3) is 0 Å². The number of esters is 1. The number of hydrogen-bond donors (Lipinski definition) is 0. The first kappa shape index (κ1) is 16.0. The van der Waals surface area contributed by atoms with Gasteiger partial charge >= 0.3 is 5.97 Å². The van der Waals surface area contributed by atoms with Crippen LogP contribution in [-0.4, -0.2) is 25.0 Å². The molecule has 0 saturated heterocycles. The average Bonchev–Trinajstić information content (AvgIpc) is 2.65. The number of para-hydroxylation sites is 1. The van der Waals surface area contributed by atoms with E-state index in [2.05, 4.69) is 6.92 Å². The minimum atomic E-state index is -0.525. The highest BCUT2D eigenvalue weighted by Crippen LogP contribution is 2.26. The van der Waals surface area contributed by atoms with Crippen molar-refractivity contribution in [2.24, 2.45) is 0 Å². The molecule has 0 bridgehead atoms. The number of fused-ring (bicyclic) bond motifs is 1. The Morgan fingerprint density at radius 3 is 2.58 bits per heavy atom. The fourth-order valence-corrected chi connectivity index (χ4v) is 2.47. The zero-order valence-corrected chi connectivity index (χ0v) is 13.5. The molecule has 0 fully saturated rings. The zero-order valence-electron chi connectivity index (χ0n) is 13.5. The molecule has 1 aliphatic rings. The molecule has 24 heavy (non-hydrogen) atoms. The topological polar surface area (TPSA) is 52.6 Å². The van der Waals surface area contributed by atoms with Crippen LogP contribution in [0.2, 0.25) is 0 Å². The standard InChI is InChI=1S/C20H18O4/c1-2-14-7-9-15(10-8-14)18(21)13-24-20(22)17-11-16-5-3-4-6-19(16)23-12-17/h3-11H,2,12-13H2,1H3. The van der Waals surface area contributed by atoms with Gasteiger partial charge in [0.1, 0.15) is 12.4 Å². The van der Waals surface area contributed by atoms with Gasteiger partial charge in [-0.25, -0.2) is 4.79 Å². The van der Waals surface area contributed by atoms with E-state index in [1.165, 1.54) is 0 Å². The Hall–Kier alpha value is -2.88. The Bertz CT molecular complexity index is 788. The number of ketones is 1. The molecular weight excluding hydrogens is 304 g/mol. The molecule has 2 aromatic carbocycles. The predicted octanol–water partition coefficient (Wildman–Crippen LogP) is 3.45. The lowest BCUT2D eigenvalue weighted by atomic mass is 10.1. The van der Waals surface area contributed by atoms with Gasteiger partial charge in [-0.05, 0) is 24.1 Å². The lowest BCUT2D eigenvalue weighted by Crippen LogP contribution is -2.20. The molecule has 3 rings (SSSR count). The van der Waals surface area contributed by atoms with Crippen LogP contribution in [0, 0.1) is 0 Å². The summed E-state index contributed by atoms with van der Waals surface area (Å²) in [5.74, 6) is -0.00657. The molecule has 0 aromatic heterocycles. The van der Waals surface area contributed by atoms with Gasteiger partial charge in [-0.15, -0.1) is 0 Å². The molecule has 0 saturated carbocycles. The number of ether oxygens (including phenoxy) is 2. The maximum atomic E-state index is 12.1. The molecule has 0 radical (unpaired) electrons. The van der Waals surface area contributed by atoms with E-state index in [1.54, 1.807) is 18.2 Å². The van der Waals surface area contributed by atoms with Crippen molar-refractivity contribution in [3.05, 3.63) is 70.8 Å². The first-order valence-corrected chi connectivity index (χ1v) is 7.89. The highest BCUT2D eigenvalue weighted by atomic mass is 16.5. The molecule has 1 aliphatic heterocycles. The van der Waals surface area contributed by atoms with Gasteiger partial charge in [0.15, 0.2) is 12.4 Å². The lowest BCUT2D eigenvalue weighted by Gasteiger charge is -2.16. The van der Waals surface area contributed by atoms with Crippen molar-refractivity contribution in [3.63, 3.8) is 0 Å². The molecule has 4 heteroatoms. The summed E-state index contributed by atoms with van der Waals surface area (Å²) < 4.78 is 10.7. The second kappa shape index (κ2) is 7.13. The summed E-state index contributed by atoms with van der Waals surface area (Å²) in [6.07, 6.45) is 2.65. The molecule has 2 aromatic rings. The molecule has 1 heterocycles. The maximum absolute atomic E-state index is 12.1. The molecule has 0 N–H and O–H groups in total. The van der Waals surface area contributed by atoms with Crippen molar-refractivity contribution >= 4 is 17.8 Å². The van der Waals surface area contributed by atoms with Gasteiger partial charge in [0.2, 0.25) is 0 Å². The van der Waals surface area contributed by atoms with Gasteiger partial charge in [0, 0.05) is 11.1 Å². The number of benzene rings is 2. The Kier molecular flexibility index (Phi) is 4.75. The maximum Gasteiger partial charge on any atom is 0.337 e. The quantitative estimate of drug-likeness (QED) is 0.625. The predicted molar refractivity (Wildman–Crippen MR) is 91.0 cm³/mol. The number of hydrogen-bond acceptors (Lipinski definition) is 4. The Morgan fingerprint density at radius 1 is 1.08 bits per heavy atom. The first-order valence-electron chi connectivity index (χ1n) is 7.89. The third-order valence-corrected chi connectivity index (χ3v) is 3.91. The Balaban J connectivity index is 1.61. The summed E-state index contributed by atoms with van der Waals surface area (Å²) >= 11 is 0. The van der Waals surface area contributed by atoms with Crippen LogP contribution < -0.4 is 4.74 Å². The van der Waals surface area contributed by atoms with E-state index < -0.39 is 5.97 Å². The van der Waals surface area contributed by atoms with Gasteiger partial charge in [-0.3, -0.25) is 4.79 Å². The van der Waals surface area contributed by atoms with Crippen molar-refractivity contribution in [1.29, 1.82) is 0 Å². The van der Waals surface area contributed by atoms with E-state index >= 15 is 0 Å². The minimum Gasteiger partial charge on any atom is -0.488 e. The minimum absolute atomic E-state index is 0.148. The number of rotatable bonds is 5. The summed E-state index contributed by atoms with van der Waals surface area (Å²) in [4.78, 5) is 24.2. The van der Waals surface area contributed by atoms with Crippen molar-refractivity contribution in [2.45, 2.75) is 13.3 Å². The SMILES string of the molecule is CCc1ccc(C(=O)COC(=O)C2=Cc3ccccc3OC2)cc1. The fourth-order valence-electron chi connectivity index (χ4n) is 2.47. The molecule has 0 unspecified atom stereocenters. The van der Waals surface area contributed by atoms with Crippen molar-refractivity contribution in [2.75, 3.05) is 13.2 Å². The lowest BCUT2D eigenvalue weighted by molar-refractivity contribution is -0.138. The van der Waals surface area contributed by atoms with Crippen LogP contribution in [-0.2, 0) is 16.0 Å². The van der Waals surface area contributed by atoms with Crippen LogP contribution in [0.4, 0.5) is 0 Å². The molecule has 4 nitrogen and oxygen atoms in total. The Labute approximate surface area is 140 Å². The number of Topliss-reactive ketones (excluding diaryl/α,β-unsaturated/α-hetero) is 1. The van der Waals surface area contributed by atoms with Crippen molar-refractivity contribution in [1.82, 2.24) is 0 Å². The van der Waals surface area contributed by atoms with Crippen molar-refractivity contribution in [3.8, 4) is 5.75 Å². The van der Waals surface area contributed by atoms with Gasteiger partial charge in [-0.2, -0.15) is 0 Å². The zero-order chi connectivity index (χ0) is 16.9. The van der Waals surface area contributed by atoms with Gasteiger partial charge in [-0.1, -0.05) is 49.4 Å². The summed E-state index contributed by atoms with van der Waals surface area (Å²) in [5.41, 5.74) is 2.94. The van der Waals surface area contributed by atoms with E-state index in [-0.39, 0.29) is 19.0 Å². The van der Waals surface area contributed by atoms with E-state index in [1.807, 2.05) is 36.4 Å². The third-order valence-electron chi connectivity index (χ3n) is 3.91. The van der Waals surface area contributed by atoms with E-state index in [4.69, 9.17) is 9.47 Å². The highest BCUT2D eigenvalue weighted by molar-refractivity contribution is 6.00. The normalized spacial score (nSPS) is 12.6. The van der Waals surface area contributed by atoms with Crippen LogP contribution >= 0.6 is 0 Å². The number of aryl methyl sites for hydroxylation is 1. The third kappa shape index (κ3) is 3.54. The van der Waals surface area contributed by atoms with E-state index in [0.717, 1.165) is 23.3 Å². The smallest absolute Gasteiger partial charge is 0.337 e. The van der Waals surface area contributed by atoms with Crippen LogP contribution in [0.3, 0.4) is 0 Å². The van der Waals surface area contributed by atoms with E-state index in [9.17, 15) is 9.59 Å². The molecular formula is C20H18O4.